The van der Waals surface area contributed by atoms with Crippen LogP contribution in [-0.2, 0) is 17.9 Å². The Bertz CT molecular complexity index is 1030. The Hall–Kier alpha value is -3.48. The molecule has 0 unspecified atom stereocenters. The lowest BCUT2D eigenvalue weighted by molar-refractivity contribution is -0.121. The molecular formula is C19H18N4O3. The maximum absolute atomic E-state index is 12.3. The summed E-state index contributed by atoms with van der Waals surface area (Å²) >= 11 is 0. The largest absolute Gasteiger partial charge is 0.355 e. The van der Waals surface area contributed by atoms with Crippen molar-refractivity contribution in [3.05, 3.63) is 76.1 Å². The molecule has 0 spiro atoms. The molecule has 0 atom stereocenters. The van der Waals surface area contributed by atoms with Crippen LogP contribution in [0, 0.1) is 0 Å². The van der Waals surface area contributed by atoms with Gasteiger partial charge in [-0.15, -0.1) is 0 Å². The second kappa shape index (κ2) is 7.60. The van der Waals surface area contributed by atoms with Crippen molar-refractivity contribution in [3.8, 4) is 0 Å². The van der Waals surface area contributed by atoms with Crippen LogP contribution in [0.2, 0.25) is 0 Å². The first-order valence-corrected chi connectivity index (χ1v) is 8.11. The molecule has 0 aliphatic carbocycles. The quantitative estimate of drug-likeness (QED) is 0.720. The third-order valence-corrected chi connectivity index (χ3v) is 3.96. The number of amides is 2. The standard InChI is InChI=1S/C19H18N4O3/c1-20-19(26)14-6-4-5-13(9-14)10-21-18(25)12-23-16-8-3-2-7-15(16)17(24)11-22-23/h2-9,11H,10,12H2,1H3,(H,20,26)(H,21,25). The van der Waals surface area contributed by atoms with Crippen molar-refractivity contribution in [2.24, 2.45) is 0 Å². The van der Waals surface area contributed by atoms with Crippen LogP contribution in [0.3, 0.4) is 0 Å². The zero-order chi connectivity index (χ0) is 18.5. The molecule has 3 rings (SSSR count). The van der Waals surface area contributed by atoms with Crippen LogP contribution in [-0.4, -0.2) is 28.6 Å². The predicted octanol–water partition coefficient (Wildman–Crippen LogP) is 1.07. The van der Waals surface area contributed by atoms with Crippen molar-refractivity contribution in [1.29, 1.82) is 0 Å². The van der Waals surface area contributed by atoms with E-state index in [2.05, 4.69) is 15.7 Å². The van der Waals surface area contributed by atoms with Crippen molar-refractivity contribution in [3.63, 3.8) is 0 Å². The highest BCUT2D eigenvalue weighted by atomic mass is 16.2. The number of nitrogens with one attached hydrogen (secondary N) is 2. The third kappa shape index (κ3) is 3.77. The molecule has 7 heteroatoms. The number of hydrogen-bond acceptors (Lipinski definition) is 4. The molecule has 26 heavy (non-hydrogen) atoms. The molecule has 0 saturated carbocycles. The molecule has 2 N–H and O–H groups in total. The lowest BCUT2D eigenvalue weighted by Gasteiger charge is -2.10. The van der Waals surface area contributed by atoms with Gasteiger partial charge in [0.25, 0.3) is 5.91 Å². The minimum Gasteiger partial charge on any atom is -0.355 e. The van der Waals surface area contributed by atoms with Crippen LogP contribution in [0.15, 0.2) is 59.5 Å². The molecule has 132 valence electrons. The molecule has 0 saturated heterocycles. The van der Waals surface area contributed by atoms with E-state index in [-0.39, 0.29) is 23.8 Å². The van der Waals surface area contributed by atoms with E-state index in [1.165, 1.54) is 10.9 Å². The zero-order valence-corrected chi connectivity index (χ0v) is 14.2. The molecule has 2 amide bonds. The van der Waals surface area contributed by atoms with E-state index in [1.54, 1.807) is 49.5 Å². The molecule has 7 nitrogen and oxygen atoms in total. The molecule has 0 bridgehead atoms. The van der Waals surface area contributed by atoms with Gasteiger partial charge in [0.05, 0.1) is 11.7 Å². The number of benzene rings is 2. The van der Waals surface area contributed by atoms with Crippen LogP contribution >= 0.6 is 0 Å². The topological polar surface area (TPSA) is 93.1 Å². The maximum atomic E-state index is 12.3. The van der Waals surface area contributed by atoms with Gasteiger partial charge in [-0.2, -0.15) is 5.10 Å². The van der Waals surface area contributed by atoms with E-state index in [9.17, 15) is 14.4 Å². The molecule has 2 aromatic carbocycles. The van der Waals surface area contributed by atoms with Crippen LogP contribution < -0.4 is 16.1 Å². The Balaban J connectivity index is 1.70. The van der Waals surface area contributed by atoms with Crippen molar-refractivity contribution >= 4 is 22.7 Å². The predicted molar refractivity (Wildman–Crippen MR) is 97.7 cm³/mol. The second-order valence-corrected chi connectivity index (χ2v) is 5.74. The number of nitrogens with zero attached hydrogens (tertiary/aromatic N) is 2. The number of fused-ring (bicyclic) bond motifs is 1. The summed E-state index contributed by atoms with van der Waals surface area (Å²) in [6, 6.07) is 14.1. The Morgan fingerprint density at radius 3 is 2.73 bits per heavy atom. The monoisotopic (exact) mass is 350 g/mol. The van der Waals surface area contributed by atoms with Crippen molar-refractivity contribution < 1.29 is 9.59 Å². The Morgan fingerprint density at radius 1 is 1.12 bits per heavy atom. The van der Waals surface area contributed by atoms with Gasteiger partial charge in [-0.05, 0) is 29.8 Å². The molecule has 0 radical (unpaired) electrons. The van der Waals surface area contributed by atoms with Crippen molar-refractivity contribution in [1.82, 2.24) is 20.4 Å². The molecule has 0 fully saturated rings. The number of hydrogen-bond donors (Lipinski definition) is 2. The van der Waals surface area contributed by atoms with E-state index < -0.39 is 0 Å². The minimum absolute atomic E-state index is 0.00404. The van der Waals surface area contributed by atoms with Gasteiger partial charge >= 0.3 is 0 Å². The Kier molecular flexibility index (Phi) is 5.07. The molecule has 0 aliphatic rings. The average molecular weight is 350 g/mol. The number of carbonyl (C=O) groups excluding carboxylic acids is 2. The summed E-state index contributed by atoms with van der Waals surface area (Å²) in [5.74, 6) is -0.418. The number of aromatic nitrogens is 2. The van der Waals surface area contributed by atoms with Gasteiger partial charge in [-0.25, -0.2) is 0 Å². The summed E-state index contributed by atoms with van der Waals surface area (Å²) in [7, 11) is 1.57. The summed E-state index contributed by atoms with van der Waals surface area (Å²) in [6.45, 7) is 0.289. The first-order valence-electron chi connectivity index (χ1n) is 8.11. The normalized spacial score (nSPS) is 10.5. The van der Waals surface area contributed by atoms with Gasteiger partial charge in [-0.1, -0.05) is 24.3 Å². The van der Waals surface area contributed by atoms with E-state index >= 15 is 0 Å². The van der Waals surface area contributed by atoms with Gasteiger partial charge in [0.2, 0.25) is 11.3 Å². The van der Waals surface area contributed by atoms with Crippen LogP contribution in [0.5, 0.6) is 0 Å². The molecular weight excluding hydrogens is 332 g/mol. The Labute approximate surface area is 149 Å². The SMILES string of the molecule is CNC(=O)c1cccc(CNC(=O)Cn2ncc(=O)c3ccccc32)c1. The summed E-state index contributed by atoms with van der Waals surface area (Å²) in [4.78, 5) is 35.8. The van der Waals surface area contributed by atoms with Gasteiger partial charge in [-0.3, -0.25) is 19.1 Å². The summed E-state index contributed by atoms with van der Waals surface area (Å²) in [6.07, 6.45) is 1.21. The van der Waals surface area contributed by atoms with E-state index in [1.807, 2.05) is 6.07 Å². The fourth-order valence-electron chi connectivity index (χ4n) is 2.65. The van der Waals surface area contributed by atoms with Gasteiger partial charge in [0.15, 0.2) is 0 Å². The number of rotatable bonds is 5. The summed E-state index contributed by atoms with van der Waals surface area (Å²) in [5.41, 5.74) is 1.78. The lowest BCUT2D eigenvalue weighted by Crippen LogP contribution is -2.29. The van der Waals surface area contributed by atoms with Gasteiger partial charge < -0.3 is 10.6 Å². The summed E-state index contributed by atoms with van der Waals surface area (Å²) < 4.78 is 1.49. The highest BCUT2D eigenvalue weighted by Crippen LogP contribution is 2.08. The van der Waals surface area contributed by atoms with Gasteiger partial charge in [0.1, 0.15) is 6.54 Å². The molecule has 0 aliphatic heterocycles. The van der Waals surface area contributed by atoms with E-state index in [0.717, 1.165) is 5.56 Å². The highest BCUT2D eigenvalue weighted by molar-refractivity contribution is 5.94. The van der Waals surface area contributed by atoms with Crippen molar-refractivity contribution in [2.75, 3.05) is 7.05 Å². The number of carbonyl (C=O) groups is 2. The zero-order valence-electron chi connectivity index (χ0n) is 14.2. The third-order valence-electron chi connectivity index (χ3n) is 3.96. The first-order chi connectivity index (χ1) is 12.6. The number of para-hydroxylation sites is 1. The maximum Gasteiger partial charge on any atom is 0.251 e. The van der Waals surface area contributed by atoms with Crippen LogP contribution in [0.25, 0.3) is 10.9 Å². The highest BCUT2D eigenvalue weighted by Gasteiger charge is 2.09. The molecule has 1 heterocycles. The smallest absolute Gasteiger partial charge is 0.251 e. The van der Waals surface area contributed by atoms with E-state index in [4.69, 9.17) is 0 Å². The summed E-state index contributed by atoms with van der Waals surface area (Å²) in [5, 5.41) is 9.93. The molecule has 1 aromatic heterocycles. The van der Waals surface area contributed by atoms with Crippen molar-refractivity contribution in [2.45, 2.75) is 13.1 Å². The fraction of sp³-hybridized carbons (Fsp3) is 0.158. The lowest BCUT2D eigenvalue weighted by atomic mass is 10.1. The average Bonchev–Trinajstić information content (AvgIpc) is 2.68. The Morgan fingerprint density at radius 2 is 1.92 bits per heavy atom. The van der Waals surface area contributed by atoms with Gasteiger partial charge in [0, 0.05) is 24.5 Å². The fourth-order valence-corrected chi connectivity index (χ4v) is 2.65. The minimum atomic E-state index is -0.239. The van der Waals surface area contributed by atoms with E-state index in [0.29, 0.717) is 23.0 Å². The van der Waals surface area contributed by atoms with Crippen LogP contribution in [0.4, 0.5) is 0 Å². The second-order valence-electron chi connectivity index (χ2n) is 5.74. The first kappa shape index (κ1) is 17.3. The van der Waals surface area contributed by atoms with Crippen LogP contribution in [0.1, 0.15) is 15.9 Å². The molecule has 3 aromatic rings.